The van der Waals surface area contributed by atoms with Gasteiger partial charge in [0, 0.05) is 18.9 Å². The fourth-order valence-electron chi connectivity index (χ4n) is 3.64. The van der Waals surface area contributed by atoms with Crippen molar-refractivity contribution >= 4 is 11.9 Å². The van der Waals surface area contributed by atoms with E-state index in [4.69, 9.17) is 4.74 Å². The number of fused-ring (bicyclic) bond motifs is 3. The van der Waals surface area contributed by atoms with Crippen LogP contribution >= 0.6 is 0 Å². The molecule has 1 aliphatic heterocycles. The van der Waals surface area contributed by atoms with Crippen LogP contribution in [0, 0.1) is 0 Å². The zero-order chi connectivity index (χ0) is 17.4. The van der Waals surface area contributed by atoms with Gasteiger partial charge in [-0.3, -0.25) is 4.79 Å². The van der Waals surface area contributed by atoms with Gasteiger partial charge in [-0.2, -0.15) is 0 Å². The Morgan fingerprint density at radius 2 is 1.68 bits per heavy atom. The zero-order valence-corrected chi connectivity index (χ0v) is 13.7. The molecule has 1 saturated heterocycles. The summed E-state index contributed by atoms with van der Waals surface area (Å²) in [6, 6.07) is 16.2. The van der Waals surface area contributed by atoms with Crippen LogP contribution in [-0.4, -0.2) is 42.6 Å². The first-order valence-corrected chi connectivity index (χ1v) is 8.42. The maximum absolute atomic E-state index is 13.5. The van der Waals surface area contributed by atoms with Gasteiger partial charge in [-0.15, -0.1) is 0 Å². The average molecular weight is 339 g/mol. The summed E-state index contributed by atoms with van der Waals surface area (Å²) in [4.78, 5) is 24.8. The lowest BCUT2D eigenvalue weighted by Crippen LogP contribution is -2.45. The third kappa shape index (κ3) is 2.80. The van der Waals surface area contributed by atoms with Gasteiger partial charge in [-0.1, -0.05) is 48.5 Å². The molecular formula is C20H18FNO3. The SMILES string of the molecule is O=C1CCN(C(=O)OCC2c3ccccc3-c3ccccc32)CC1F. The second-order valence-corrected chi connectivity index (χ2v) is 6.43. The van der Waals surface area contributed by atoms with Gasteiger partial charge in [0.2, 0.25) is 0 Å². The molecule has 4 nitrogen and oxygen atoms in total. The van der Waals surface area contributed by atoms with Gasteiger partial charge in [0.05, 0.1) is 6.54 Å². The molecule has 1 aliphatic carbocycles. The number of likely N-dealkylation sites (tertiary alicyclic amines) is 1. The molecule has 2 aliphatic rings. The highest BCUT2D eigenvalue weighted by atomic mass is 19.1. The lowest BCUT2D eigenvalue weighted by Gasteiger charge is -2.28. The maximum Gasteiger partial charge on any atom is 0.409 e. The summed E-state index contributed by atoms with van der Waals surface area (Å²) in [7, 11) is 0. The lowest BCUT2D eigenvalue weighted by molar-refractivity contribution is -0.126. The zero-order valence-electron chi connectivity index (χ0n) is 13.7. The molecule has 4 rings (SSSR count). The first kappa shape index (κ1) is 15.8. The van der Waals surface area contributed by atoms with Crippen molar-refractivity contribution in [3.63, 3.8) is 0 Å². The van der Waals surface area contributed by atoms with Crippen molar-refractivity contribution in [3.05, 3.63) is 59.7 Å². The van der Waals surface area contributed by atoms with Crippen LogP contribution in [0.1, 0.15) is 23.5 Å². The molecule has 0 radical (unpaired) electrons. The molecule has 1 heterocycles. The van der Waals surface area contributed by atoms with Gasteiger partial charge < -0.3 is 9.64 Å². The van der Waals surface area contributed by atoms with Crippen LogP contribution in [0.4, 0.5) is 9.18 Å². The van der Waals surface area contributed by atoms with E-state index in [2.05, 4.69) is 12.1 Å². The molecule has 0 N–H and O–H groups in total. The van der Waals surface area contributed by atoms with Crippen LogP contribution in [0.2, 0.25) is 0 Å². The number of amides is 1. The summed E-state index contributed by atoms with van der Waals surface area (Å²) in [6.45, 7) is 0.208. The minimum absolute atomic E-state index is 0.0241. The Kier molecular flexibility index (Phi) is 3.99. The minimum Gasteiger partial charge on any atom is -0.448 e. The van der Waals surface area contributed by atoms with E-state index in [9.17, 15) is 14.0 Å². The number of hydrogen-bond donors (Lipinski definition) is 0. The van der Waals surface area contributed by atoms with E-state index in [0.29, 0.717) is 0 Å². The number of piperidine rings is 1. The highest BCUT2D eigenvalue weighted by Crippen LogP contribution is 2.44. The topological polar surface area (TPSA) is 46.6 Å². The second kappa shape index (κ2) is 6.31. The fraction of sp³-hybridized carbons (Fsp3) is 0.300. The third-order valence-electron chi connectivity index (χ3n) is 4.95. The molecular weight excluding hydrogens is 321 g/mol. The molecule has 1 unspecified atom stereocenters. The Balaban J connectivity index is 1.50. The first-order valence-electron chi connectivity index (χ1n) is 8.42. The number of alkyl halides is 1. The van der Waals surface area contributed by atoms with Crippen molar-refractivity contribution in [2.24, 2.45) is 0 Å². The van der Waals surface area contributed by atoms with E-state index in [1.165, 1.54) is 4.90 Å². The van der Waals surface area contributed by atoms with Crippen LogP contribution in [-0.2, 0) is 9.53 Å². The molecule has 1 atom stereocenters. The van der Waals surface area contributed by atoms with E-state index >= 15 is 0 Å². The predicted molar refractivity (Wildman–Crippen MR) is 91.2 cm³/mol. The third-order valence-corrected chi connectivity index (χ3v) is 4.95. The van der Waals surface area contributed by atoms with E-state index in [-0.39, 0.29) is 32.0 Å². The number of hydrogen-bond acceptors (Lipinski definition) is 3. The van der Waals surface area contributed by atoms with Gasteiger partial charge in [-0.05, 0) is 22.3 Å². The Morgan fingerprint density at radius 3 is 2.28 bits per heavy atom. The lowest BCUT2D eigenvalue weighted by atomic mass is 9.98. The number of halogens is 1. The van der Waals surface area contributed by atoms with Crippen molar-refractivity contribution < 1.29 is 18.7 Å². The number of ether oxygens (including phenoxy) is 1. The van der Waals surface area contributed by atoms with E-state index in [1.54, 1.807) is 0 Å². The Labute approximate surface area is 145 Å². The summed E-state index contributed by atoms with van der Waals surface area (Å²) in [5.41, 5.74) is 4.58. The summed E-state index contributed by atoms with van der Waals surface area (Å²) < 4.78 is 19.0. The Bertz CT molecular complexity index is 790. The Morgan fingerprint density at radius 1 is 1.08 bits per heavy atom. The first-order chi connectivity index (χ1) is 12.1. The van der Waals surface area contributed by atoms with E-state index in [1.807, 2.05) is 36.4 Å². The van der Waals surface area contributed by atoms with E-state index < -0.39 is 18.0 Å². The van der Waals surface area contributed by atoms with Gasteiger partial charge in [0.25, 0.3) is 0 Å². The van der Waals surface area contributed by atoms with Crippen LogP contribution in [0.3, 0.4) is 0 Å². The van der Waals surface area contributed by atoms with Crippen molar-refractivity contribution in [1.29, 1.82) is 0 Å². The average Bonchev–Trinajstić information content (AvgIpc) is 2.96. The molecule has 1 fully saturated rings. The molecule has 128 valence electrons. The summed E-state index contributed by atoms with van der Waals surface area (Å²) in [5.74, 6) is -0.466. The molecule has 0 spiro atoms. The molecule has 25 heavy (non-hydrogen) atoms. The maximum atomic E-state index is 13.5. The smallest absolute Gasteiger partial charge is 0.409 e. The minimum atomic E-state index is -1.60. The molecule has 0 saturated carbocycles. The molecule has 1 amide bonds. The molecule has 5 heteroatoms. The number of benzene rings is 2. The summed E-state index contributed by atoms with van der Waals surface area (Å²) in [6.07, 6.45) is -2.11. The largest absolute Gasteiger partial charge is 0.448 e. The summed E-state index contributed by atoms with van der Waals surface area (Å²) >= 11 is 0. The molecule has 0 bridgehead atoms. The van der Waals surface area contributed by atoms with Gasteiger partial charge >= 0.3 is 6.09 Å². The van der Waals surface area contributed by atoms with Gasteiger partial charge in [0.15, 0.2) is 12.0 Å². The fourth-order valence-corrected chi connectivity index (χ4v) is 3.64. The number of nitrogens with zero attached hydrogens (tertiary/aromatic N) is 1. The number of carbonyl (C=O) groups is 2. The number of rotatable bonds is 2. The predicted octanol–water partition coefficient (Wildman–Crippen LogP) is 3.55. The molecule has 2 aromatic rings. The molecule has 2 aromatic carbocycles. The second-order valence-electron chi connectivity index (χ2n) is 6.43. The Hall–Kier alpha value is -2.69. The number of Topliss-reactive ketones (excluding diaryl/α,β-unsaturated/α-hetero) is 1. The van der Waals surface area contributed by atoms with E-state index in [0.717, 1.165) is 22.3 Å². The number of carbonyl (C=O) groups excluding carboxylic acids is 2. The van der Waals surface area contributed by atoms with Crippen molar-refractivity contribution in [1.82, 2.24) is 4.90 Å². The van der Waals surface area contributed by atoms with Crippen molar-refractivity contribution in [2.75, 3.05) is 19.7 Å². The van der Waals surface area contributed by atoms with Crippen LogP contribution in [0.25, 0.3) is 11.1 Å². The highest BCUT2D eigenvalue weighted by molar-refractivity contribution is 5.85. The summed E-state index contributed by atoms with van der Waals surface area (Å²) in [5, 5.41) is 0. The van der Waals surface area contributed by atoms with Crippen LogP contribution in [0.15, 0.2) is 48.5 Å². The standard InChI is InChI=1S/C20H18FNO3/c21-18-11-22(10-9-19(18)23)20(24)25-12-17-15-7-3-1-5-13(15)14-6-2-4-8-16(14)17/h1-8,17-18H,9-12H2. The van der Waals surface area contributed by atoms with Crippen LogP contribution in [0.5, 0.6) is 0 Å². The molecule has 0 aromatic heterocycles. The highest BCUT2D eigenvalue weighted by Gasteiger charge is 2.32. The normalized spacial score (nSPS) is 19.5. The monoisotopic (exact) mass is 339 g/mol. The van der Waals surface area contributed by atoms with Gasteiger partial charge in [0.1, 0.15) is 6.61 Å². The van der Waals surface area contributed by atoms with Crippen molar-refractivity contribution in [3.8, 4) is 11.1 Å². The quantitative estimate of drug-likeness (QED) is 0.841. The van der Waals surface area contributed by atoms with Crippen LogP contribution < -0.4 is 0 Å². The van der Waals surface area contributed by atoms with Crippen molar-refractivity contribution in [2.45, 2.75) is 18.5 Å². The number of ketones is 1. The van der Waals surface area contributed by atoms with Gasteiger partial charge in [-0.25, -0.2) is 9.18 Å².